The number of esters is 1. The maximum Gasteiger partial charge on any atom is 0.393 e. The number of carbonyl (C=O) groups is 1. The van der Waals surface area contributed by atoms with Crippen molar-refractivity contribution in [2.75, 3.05) is 7.11 Å². The fourth-order valence-corrected chi connectivity index (χ4v) is 2.61. The summed E-state index contributed by atoms with van der Waals surface area (Å²) in [6, 6.07) is 0. The molecule has 102 valence electrons. The highest BCUT2D eigenvalue weighted by atomic mass is 28.4. The summed E-state index contributed by atoms with van der Waals surface area (Å²) >= 11 is 0. The largest absolute Gasteiger partial charge is 0.548 e. The van der Waals surface area contributed by atoms with Crippen LogP contribution in [0.5, 0.6) is 0 Å². The maximum absolute atomic E-state index is 11.7. The molecule has 0 saturated heterocycles. The van der Waals surface area contributed by atoms with Gasteiger partial charge in [0.1, 0.15) is 0 Å². The minimum Gasteiger partial charge on any atom is -0.548 e. The van der Waals surface area contributed by atoms with Crippen LogP contribution in [0.25, 0.3) is 4.85 Å². The summed E-state index contributed by atoms with van der Waals surface area (Å²) in [6.45, 7) is 18.7. The molecule has 2 atom stereocenters. The molecule has 0 radical (unpaired) electrons. The molecule has 0 amide bonds. The first-order valence-electron chi connectivity index (χ1n) is 5.91. The third-order valence-electron chi connectivity index (χ3n) is 2.67. The minimum absolute atomic E-state index is 0.265. The van der Waals surface area contributed by atoms with Gasteiger partial charge < -0.3 is 9.16 Å². The van der Waals surface area contributed by atoms with E-state index in [0.29, 0.717) is 0 Å². The average molecular weight is 269 g/mol. The lowest BCUT2D eigenvalue weighted by molar-refractivity contribution is -0.145. The molecule has 0 rings (SSSR count). The molecule has 0 bridgehead atoms. The Labute approximate surface area is 111 Å². The van der Waals surface area contributed by atoms with Gasteiger partial charge in [-0.1, -0.05) is 6.92 Å². The highest BCUT2D eigenvalue weighted by Crippen LogP contribution is 2.26. The van der Waals surface area contributed by atoms with Gasteiger partial charge in [0.2, 0.25) is 8.32 Å². The first-order valence-corrected chi connectivity index (χ1v) is 9.32. The van der Waals surface area contributed by atoms with Gasteiger partial charge in [-0.2, -0.15) is 0 Å². The molecule has 0 aliphatic heterocycles. The van der Waals surface area contributed by atoms with Crippen molar-refractivity contribution < 1.29 is 14.0 Å². The van der Waals surface area contributed by atoms with E-state index in [9.17, 15) is 4.79 Å². The van der Waals surface area contributed by atoms with Gasteiger partial charge in [0.15, 0.2) is 0 Å². The molecule has 2 unspecified atom stereocenters. The Balaban J connectivity index is 5.05. The lowest BCUT2D eigenvalue weighted by Crippen LogP contribution is -2.39. The summed E-state index contributed by atoms with van der Waals surface area (Å²) in [6.07, 6.45) is 1.83. The third kappa shape index (κ3) is 4.53. The number of rotatable bonds is 5. The van der Waals surface area contributed by atoms with Crippen molar-refractivity contribution in [2.24, 2.45) is 5.92 Å². The molecule has 0 heterocycles. The van der Waals surface area contributed by atoms with Gasteiger partial charge in [0, 0.05) is 6.92 Å². The Hall–Kier alpha value is -1.28. The summed E-state index contributed by atoms with van der Waals surface area (Å²) < 4.78 is 10.5. The Morgan fingerprint density at radius 3 is 2.28 bits per heavy atom. The molecule has 0 aliphatic rings. The third-order valence-corrected chi connectivity index (χ3v) is 3.60. The van der Waals surface area contributed by atoms with Crippen molar-refractivity contribution in [3.8, 4) is 0 Å². The van der Waals surface area contributed by atoms with Crippen molar-refractivity contribution in [3.63, 3.8) is 0 Å². The number of ether oxygens (including phenoxy) is 1. The van der Waals surface area contributed by atoms with Gasteiger partial charge in [0.25, 0.3) is 0 Å². The van der Waals surface area contributed by atoms with Gasteiger partial charge in [-0.25, -0.2) is 11.4 Å². The zero-order valence-electron chi connectivity index (χ0n) is 12.3. The van der Waals surface area contributed by atoms with Gasteiger partial charge in [-0.15, -0.1) is 0 Å². The molecule has 0 fully saturated rings. The van der Waals surface area contributed by atoms with Gasteiger partial charge in [-0.05, 0) is 32.6 Å². The van der Waals surface area contributed by atoms with Gasteiger partial charge in [0.05, 0.1) is 18.8 Å². The summed E-state index contributed by atoms with van der Waals surface area (Å²) in [5, 5.41) is 0. The van der Waals surface area contributed by atoms with Crippen LogP contribution in [-0.4, -0.2) is 26.9 Å². The van der Waals surface area contributed by atoms with Gasteiger partial charge in [-0.3, -0.25) is 4.85 Å². The predicted octanol–water partition coefficient (Wildman–Crippen LogP) is 3.23. The molecular formula is C13H23NO3Si. The number of methoxy groups -OCH3 is 1. The van der Waals surface area contributed by atoms with Crippen LogP contribution in [0.4, 0.5) is 0 Å². The van der Waals surface area contributed by atoms with E-state index in [1.807, 2.05) is 19.9 Å². The standard InChI is InChI=1S/C13H23NO3Si/c1-10(9-11(2)17-18(6,7)8)13(3,14-4)12(15)16-5/h9-10H,1-3,5-8H3/b11-9+. The lowest BCUT2D eigenvalue weighted by Gasteiger charge is -2.23. The number of hydrogen-bond donors (Lipinski definition) is 0. The molecule has 5 heteroatoms. The highest BCUT2D eigenvalue weighted by Gasteiger charge is 2.46. The first kappa shape index (κ1) is 16.7. The summed E-state index contributed by atoms with van der Waals surface area (Å²) in [7, 11) is -0.355. The Morgan fingerprint density at radius 1 is 1.44 bits per heavy atom. The van der Waals surface area contributed by atoms with E-state index in [-0.39, 0.29) is 5.92 Å². The van der Waals surface area contributed by atoms with Crippen LogP contribution >= 0.6 is 0 Å². The summed E-state index contributed by atoms with van der Waals surface area (Å²) in [5.41, 5.74) is -1.20. The summed E-state index contributed by atoms with van der Waals surface area (Å²) in [4.78, 5) is 15.1. The SMILES string of the molecule is [C-]#[N+]C(C)(C(=O)OC)C(C)/C=C(\C)O[Si](C)(C)C. The molecule has 0 aromatic carbocycles. The summed E-state index contributed by atoms with van der Waals surface area (Å²) in [5.74, 6) is -0.0127. The van der Waals surface area contributed by atoms with Crippen molar-refractivity contribution in [1.29, 1.82) is 0 Å². The topological polar surface area (TPSA) is 39.9 Å². The Morgan fingerprint density at radius 2 is 1.94 bits per heavy atom. The maximum atomic E-state index is 11.7. The molecule has 0 aromatic heterocycles. The second-order valence-corrected chi connectivity index (χ2v) is 9.96. The monoisotopic (exact) mass is 269 g/mol. The van der Waals surface area contributed by atoms with E-state index in [0.717, 1.165) is 5.76 Å². The van der Waals surface area contributed by atoms with Gasteiger partial charge >= 0.3 is 11.5 Å². The fourth-order valence-electron chi connectivity index (χ4n) is 1.57. The molecule has 0 saturated carbocycles. The smallest absolute Gasteiger partial charge is 0.393 e. The van der Waals surface area contributed by atoms with Crippen LogP contribution in [0.15, 0.2) is 11.8 Å². The molecular weight excluding hydrogens is 246 g/mol. The minimum atomic E-state index is -1.65. The van der Waals surface area contributed by atoms with E-state index in [1.54, 1.807) is 6.92 Å². The number of nitrogens with zero attached hydrogens (tertiary/aromatic N) is 1. The molecule has 0 N–H and O–H groups in total. The molecule has 4 nitrogen and oxygen atoms in total. The lowest BCUT2D eigenvalue weighted by atomic mass is 9.87. The zero-order chi connectivity index (χ0) is 14.6. The van der Waals surface area contributed by atoms with Crippen LogP contribution in [0.2, 0.25) is 19.6 Å². The quantitative estimate of drug-likeness (QED) is 0.333. The van der Waals surface area contributed by atoms with Crippen LogP contribution in [0.3, 0.4) is 0 Å². The predicted molar refractivity (Wildman–Crippen MR) is 74.4 cm³/mol. The van der Waals surface area contributed by atoms with Crippen LogP contribution in [0.1, 0.15) is 20.8 Å². The molecule has 18 heavy (non-hydrogen) atoms. The zero-order valence-corrected chi connectivity index (χ0v) is 13.3. The van der Waals surface area contributed by atoms with E-state index in [2.05, 4.69) is 24.5 Å². The molecule has 0 aliphatic carbocycles. The first-order chi connectivity index (χ1) is 8.06. The van der Waals surface area contributed by atoms with E-state index >= 15 is 0 Å². The van der Waals surface area contributed by atoms with E-state index in [4.69, 9.17) is 15.7 Å². The van der Waals surface area contributed by atoms with E-state index in [1.165, 1.54) is 7.11 Å². The van der Waals surface area contributed by atoms with Crippen LogP contribution < -0.4 is 0 Å². The molecule has 0 spiro atoms. The normalized spacial score (nSPS) is 17.3. The van der Waals surface area contributed by atoms with Crippen LogP contribution in [0, 0.1) is 12.5 Å². The average Bonchev–Trinajstić information content (AvgIpc) is 2.23. The number of hydrogen-bond acceptors (Lipinski definition) is 3. The Bertz CT molecular complexity index is 379. The van der Waals surface area contributed by atoms with Crippen molar-refractivity contribution in [3.05, 3.63) is 23.3 Å². The fraction of sp³-hybridized carbons (Fsp3) is 0.692. The van der Waals surface area contributed by atoms with Crippen molar-refractivity contribution >= 4 is 14.3 Å². The second kappa shape index (κ2) is 6.05. The number of allylic oxidation sites excluding steroid dienone is 1. The number of carbonyl (C=O) groups excluding carboxylic acids is 1. The van der Waals surface area contributed by atoms with Crippen molar-refractivity contribution in [2.45, 2.75) is 46.0 Å². The second-order valence-electron chi connectivity index (χ2n) is 5.53. The molecule has 0 aromatic rings. The highest BCUT2D eigenvalue weighted by molar-refractivity contribution is 6.70. The van der Waals surface area contributed by atoms with Crippen LogP contribution in [-0.2, 0) is 14.0 Å². The van der Waals surface area contributed by atoms with Crippen molar-refractivity contribution in [1.82, 2.24) is 0 Å². The Kier molecular flexibility index (Phi) is 5.62. The van der Waals surface area contributed by atoms with E-state index < -0.39 is 19.8 Å².